The number of rotatable bonds is 6. The fourth-order valence-corrected chi connectivity index (χ4v) is 4.27. The smallest absolute Gasteiger partial charge is 0.416 e. The number of nitrogens with zero attached hydrogens (tertiary/aromatic N) is 2. The predicted molar refractivity (Wildman–Crippen MR) is 128 cm³/mol. The molecule has 2 aromatic carbocycles. The van der Waals surface area contributed by atoms with Crippen LogP contribution in [0.25, 0.3) is 11.1 Å². The molecular weight excluding hydrogens is 512 g/mol. The third kappa shape index (κ3) is 7.02. The maximum absolute atomic E-state index is 13.0. The summed E-state index contributed by atoms with van der Waals surface area (Å²) in [6.07, 6.45) is -1.38. The minimum atomic E-state index is -4.52. The van der Waals surface area contributed by atoms with Gasteiger partial charge in [-0.2, -0.15) is 26.3 Å². The Kier molecular flexibility index (Phi) is 8.23. The molecule has 0 bridgehead atoms. The lowest BCUT2D eigenvalue weighted by Gasteiger charge is -2.20. The molecule has 0 aliphatic heterocycles. The Morgan fingerprint density at radius 1 is 0.842 bits per heavy atom. The van der Waals surface area contributed by atoms with E-state index in [0.29, 0.717) is 16.9 Å². The van der Waals surface area contributed by atoms with E-state index in [1.54, 1.807) is 0 Å². The van der Waals surface area contributed by atoms with E-state index in [0.717, 1.165) is 74.9 Å². The van der Waals surface area contributed by atoms with E-state index >= 15 is 0 Å². The van der Waals surface area contributed by atoms with Crippen molar-refractivity contribution in [2.45, 2.75) is 63.5 Å². The molecule has 11 heteroatoms. The van der Waals surface area contributed by atoms with Gasteiger partial charge in [0.2, 0.25) is 0 Å². The number of hydrogen-bond donors (Lipinski definition) is 1. The second-order valence-electron chi connectivity index (χ2n) is 9.11. The first kappa shape index (κ1) is 27.4. The normalized spacial score (nSPS) is 15.1. The number of ether oxygens (including phenoxy) is 1. The van der Waals surface area contributed by atoms with Crippen molar-refractivity contribution >= 4 is 11.8 Å². The van der Waals surface area contributed by atoms with Crippen LogP contribution in [0.1, 0.15) is 65.8 Å². The Morgan fingerprint density at radius 3 is 1.95 bits per heavy atom. The molecule has 1 saturated carbocycles. The molecule has 0 unspecified atom stereocenters. The van der Waals surface area contributed by atoms with Gasteiger partial charge in [0.1, 0.15) is 5.82 Å². The Labute approximate surface area is 215 Å². The van der Waals surface area contributed by atoms with Crippen molar-refractivity contribution < 1.29 is 35.9 Å². The SMILES string of the molecule is O=C(OCc1ncc(-c2ccc(C(F)(F)F)cc2)c(NC2CCCCCC2)n1)c1ccc(C(F)(F)F)cc1. The molecule has 0 atom stereocenters. The third-order valence-corrected chi connectivity index (χ3v) is 6.34. The van der Waals surface area contributed by atoms with Gasteiger partial charge in [-0.1, -0.05) is 37.8 Å². The molecule has 0 saturated heterocycles. The lowest BCUT2D eigenvalue weighted by Crippen LogP contribution is -2.20. The molecule has 1 fully saturated rings. The highest BCUT2D eigenvalue weighted by Crippen LogP contribution is 2.33. The number of carbonyl (C=O) groups is 1. The first-order chi connectivity index (χ1) is 18.0. The molecule has 1 aromatic heterocycles. The van der Waals surface area contributed by atoms with Gasteiger partial charge in [-0.05, 0) is 54.8 Å². The number of halogens is 6. The zero-order chi connectivity index (χ0) is 27.3. The second kappa shape index (κ2) is 11.4. The maximum Gasteiger partial charge on any atom is 0.416 e. The van der Waals surface area contributed by atoms with E-state index in [1.807, 2.05) is 0 Å². The van der Waals surface area contributed by atoms with Gasteiger partial charge in [0.05, 0.1) is 16.7 Å². The van der Waals surface area contributed by atoms with Crippen LogP contribution in [0.5, 0.6) is 0 Å². The van der Waals surface area contributed by atoms with Gasteiger partial charge in [0, 0.05) is 17.8 Å². The molecule has 202 valence electrons. The number of esters is 1. The van der Waals surface area contributed by atoms with Crippen LogP contribution >= 0.6 is 0 Å². The topological polar surface area (TPSA) is 64.1 Å². The van der Waals surface area contributed by atoms with Crippen molar-refractivity contribution in [3.8, 4) is 11.1 Å². The van der Waals surface area contributed by atoms with E-state index in [-0.39, 0.29) is 24.0 Å². The molecule has 0 spiro atoms. The molecule has 3 aromatic rings. The van der Waals surface area contributed by atoms with E-state index in [4.69, 9.17) is 4.74 Å². The zero-order valence-corrected chi connectivity index (χ0v) is 20.2. The summed E-state index contributed by atoms with van der Waals surface area (Å²) in [6, 6.07) is 8.44. The molecule has 1 heterocycles. The average Bonchev–Trinajstić information content (AvgIpc) is 3.15. The van der Waals surface area contributed by atoms with Crippen molar-refractivity contribution in [1.82, 2.24) is 9.97 Å². The fourth-order valence-electron chi connectivity index (χ4n) is 4.27. The molecule has 38 heavy (non-hydrogen) atoms. The Bertz CT molecular complexity index is 1230. The van der Waals surface area contributed by atoms with Gasteiger partial charge < -0.3 is 10.1 Å². The minimum absolute atomic E-state index is 0.0591. The molecular formula is C27H25F6N3O2. The van der Waals surface area contributed by atoms with Crippen molar-refractivity contribution in [2.75, 3.05) is 5.32 Å². The highest BCUT2D eigenvalue weighted by atomic mass is 19.4. The molecule has 0 radical (unpaired) electrons. The van der Waals surface area contributed by atoms with Gasteiger partial charge in [0.15, 0.2) is 12.4 Å². The number of anilines is 1. The van der Waals surface area contributed by atoms with Crippen LogP contribution in [-0.2, 0) is 23.7 Å². The van der Waals surface area contributed by atoms with Crippen LogP contribution < -0.4 is 5.32 Å². The first-order valence-corrected chi connectivity index (χ1v) is 12.1. The van der Waals surface area contributed by atoms with E-state index < -0.39 is 29.4 Å². The van der Waals surface area contributed by atoms with Crippen LogP contribution in [-0.4, -0.2) is 22.0 Å². The lowest BCUT2D eigenvalue weighted by molar-refractivity contribution is -0.138. The van der Waals surface area contributed by atoms with Crippen molar-refractivity contribution in [3.05, 3.63) is 77.2 Å². The second-order valence-corrected chi connectivity index (χ2v) is 9.11. The van der Waals surface area contributed by atoms with Gasteiger partial charge in [-0.3, -0.25) is 0 Å². The van der Waals surface area contributed by atoms with Crippen LogP contribution in [0, 0.1) is 0 Å². The molecule has 1 aliphatic rings. The van der Waals surface area contributed by atoms with Gasteiger partial charge >= 0.3 is 18.3 Å². The molecule has 4 rings (SSSR count). The summed E-state index contributed by atoms with van der Waals surface area (Å²) in [5.74, 6) is -0.295. The summed E-state index contributed by atoms with van der Waals surface area (Å²) >= 11 is 0. The summed E-state index contributed by atoms with van der Waals surface area (Å²) in [5, 5.41) is 3.39. The summed E-state index contributed by atoms with van der Waals surface area (Å²) in [5.41, 5.74) is -0.725. The number of nitrogens with one attached hydrogen (secondary N) is 1. The number of carbonyl (C=O) groups excluding carboxylic acids is 1. The molecule has 1 aliphatic carbocycles. The third-order valence-electron chi connectivity index (χ3n) is 6.34. The average molecular weight is 538 g/mol. The quantitative estimate of drug-likeness (QED) is 0.199. The summed E-state index contributed by atoms with van der Waals surface area (Å²) < 4.78 is 82.5. The highest BCUT2D eigenvalue weighted by Gasteiger charge is 2.31. The zero-order valence-electron chi connectivity index (χ0n) is 20.2. The number of alkyl halides is 6. The highest BCUT2D eigenvalue weighted by molar-refractivity contribution is 5.89. The van der Waals surface area contributed by atoms with E-state index in [1.165, 1.54) is 18.3 Å². The molecule has 5 nitrogen and oxygen atoms in total. The Balaban J connectivity index is 1.54. The first-order valence-electron chi connectivity index (χ1n) is 12.1. The predicted octanol–water partition coefficient (Wildman–Crippen LogP) is 7.67. The van der Waals surface area contributed by atoms with Crippen molar-refractivity contribution in [2.24, 2.45) is 0 Å². The van der Waals surface area contributed by atoms with Gasteiger partial charge in [0.25, 0.3) is 0 Å². The summed E-state index contributed by atoms with van der Waals surface area (Å²) in [7, 11) is 0. The fraction of sp³-hybridized carbons (Fsp3) is 0.370. The number of aromatic nitrogens is 2. The lowest BCUT2D eigenvalue weighted by atomic mass is 10.0. The largest absolute Gasteiger partial charge is 0.454 e. The van der Waals surface area contributed by atoms with E-state index in [9.17, 15) is 31.1 Å². The van der Waals surface area contributed by atoms with Gasteiger partial charge in [-0.25, -0.2) is 14.8 Å². The molecule has 1 N–H and O–H groups in total. The minimum Gasteiger partial charge on any atom is -0.454 e. The van der Waals surface area contributed by atoms with Crippen LogP contribution in [0.3, 0.4) is 0 Å². The maximum atomic E-state index is 13.0. The Hall–Kier alpha value is -3.63. The summed E-state index contributed by atoms with van der Waals surface area (Å²) in [6.45, 7) is -0.341. The Morgan fingerprint density at radius 2 is 1.39 bits per heavy atom. The van der Waals surface area contributed by atoms with Crippen LogP contribution in [0.2, 0.25) is 0 Å². The number of hydrogen-bond acceptors (Lipinski definition) is 5. The van der Waals surface area contributed by atoms with Gasteiger partial charge in [-0.15, -0.1) is 0 Å². The molecule has 0 amide bonds. The van der Waals surface area contributed by atoms with Crippen LogP contribution in [0.15, 0.2) is 54.7 Å². The standard InChI is InChI=1S/C27H25F6N3O2/c28-26(29,30)19-11-7-17(8-12-19)22-15-34-23(36-24(22)35-21-5-3-1-2-4-6-21)16-38-25(37)18-9-13-20(14-10-18)27(31,32)33/h7-15,21H,1-6,16H2,(H,34,35,36). The van der Waals surface area contributed by atoms with Crippen molar-refractivity contribution in [3.63, 3.8) is 0 Å². The van der Waals surface area contributed by atoms with E-state index in [2.05, 4.69) is 15.3 Å². The monoisotopic (exact) mass is 537 g/mol. The van der Waals surface area contributed by atoms with Crippen molar-refractivity contribution in [1.29, 1.82) is 0 Å². The van der Waals surface area contributed by atoms with Crippen LogP contribution in [0.4, 0.5) is 32.2 Å². The number of benzene rings is 2. The summed E-state index contributed by atoms with van der Waals surface area (Å²) in [4.78, 5) is 21.1.